The number of nitriles is 1. The summed E-state index contributed by atoms with van der Waals surface area (Å²) >= 11 is 6.47. The zero-order valence-electron chi connectivity index (χ0n) is 30.6. The molecule has 9 heteroatoms. The minimum absolute atomic E-state index is 0.0348. The van der Waals surface area contributed by atoms with E-state index in [0.29, 0.717) is 21.5 Å². The molecule has 0 aliphatic rings. The number of hydrogen-bond donors (Lipinski definition) is 1. The standard InChI is InChI=1S/C31H30ClN5O3/c1-4-39-30-17-28-26(15-21(30)14-25(38)9-7-13-37(2)3)31(22(18-33)19-35-28)36-23-10-11-29(27(32)16-23)40-20-24-8-5-6-12-34-24/h5-12,15-17,19H,4,13-14,20H2,1-3H3,(H,35,36)/b9-7+/i2D3,7D,9D,13D2,20D2. The summed E-state index contributed by atoms with van der Waals surface area (Å²) in [7, 11) is 0.929. The third kappa shape index (κ3) is 7.35. The normalized spacial score (nSPS) is 15.9. The summed E-state index contributed by atoms with van der Waals surface area (Å²) in [4.78, 5) is 21.9. The molecule has 4 rings (SSSR count). The number of ketones is 1. The van der Waals surface area contributed by atoms with Crippen LogP contribution in [0.5, 0.6) is 11.5 Å². The van der Waals surface area contributed by atoms with E-state index in [1.54, 1.807) is 25.1 Å². The molecule has 2 aromatic carbocycles. The van der Waals surface area contributed by atoms with Crippen LogP contribution in [0.15, 0.2) is 73.0 Å². The monoisotopic (exact) mass is 564 g/mol. The van der Waals surface area contributed by atoms with Gasteiger partial charge in [0.05, 0.1) is 39.6 Å². The van der Waals surface area contributed by atoms with Crippen molar-refractivity contribution < 1.29 is 26.6 Å². The van der Waals surface area contributed by atoms with E-state index in [4.69, 9.17) is 33.4 Å². The van der Waals surface area contributed by atoms with Crippen LogP contribution in [0, 0.1) is 11.3 Å². The van der Waals surface area contributed by atoms with Crippen LogP contribution in [0.4, 0.5) is 11.4 Å². The molecule has 0 saturated heterocycles. The predicted octanol–water partition coefficient (Wildman–Crippen LogP) is 6.11. The first-order valence-electron chi connectivity index (χ1n) is 16.5. The van der Waals surface area contributed by atoms with Crippen molar-refractivity contribution >= 4 is 39.7 Å². The van der Waals surface area contributed by atoms with Gasteiger partial charge in [-0.2, -0.15) is 5.26 Å². The first kappa shape index (κ1) is 18.8. The average Bonchev–Trinajstić information content (AvgIpc) is 3.05. The van der Waals surface area contributed by atoms with Crippen molar-refractivity contribution in [2.45, 2.75) is 19.9 Å². The van der Waals surface area contributed by atoms with Crippen molar-refractivity contribution in [2.75, 3.05) is 32.4 Å². The van der Waals surface area contributed by atoms with Crippen molar-refractivity contribution in [2.24, 2.45) is 0 Å². The lowest BCUT2D eigenvalue weighted by Gasteiger charge is -2.16. The topological polar surface area (TPSA) is 100 Å². The highest BCUT2D eigenvalue weighted by Gasteiger charge is 2.16. The highest BCUT2D eigenvalue weighted by molar-refractivity contribution is 6.32. The van der Waals surface area contributed by atoms with Crippen LogP contribution in [-0.4, -0.2) is 47.8 Å². The zero-order chi connectivity index (χ0) is 36.3. The van der Waals surface area contributed by atoms with Crippen LogP contribution in [-0.2, 0) is 17.8 Å². The smallest absolute Gasteiger partial charge is 0.159 e. The molecule has 0 atom stereocenters. The summed E-state index contributed by atoms with van der Waals surface area (Å²) in [5.41, 5.74) is 1.43. The second kappa shape index (κ2) is 13.6. The number of nitrogens with one attached hydrogen (secondary N) is 1. The highest BCUT2D eigenvalue weighted by atomic mass is 35.5. The minimum atomic E-state index is -2.95. The lowest BCUT2D eigenvalue weighted by atomic mass is 10.0. The molecule has 0 bridgehead atoms. The molecule has 204 valence electrons. The number of benzene rings is 2. The SMILES string of the molecule is [2H]/C(C(=O)Cc1cc2c(Nc3ccc(OC([2H])([2H])c4ccccn4)c(Cl)c3)c(C#N)cnc2cc1OCC)=C(/[2H])C([2H])([2H])N(C)C([2H])([2H])[2H]. The quantitative estimate of drug-likeness (QED) is 0.206. The molecule has 2 aromatic heterocycles. The second-order valence-electron chi connectivity index (χ2n) is 8.28. The number of aromatic nitrogens is 2. The first-order chi connectivity index (χ1) is 22.9. The van der Waals surface area contributed by atoms with Gasteiger partial charge in [0, 0.05) is 54.9 Å². The Balaban J connectivity index is 1.72. The lowest BCUT2D eigenvalue weighted by molar-refractivity contribution is -0.114. The molecule has 40 heavy (non-hydrogen) atoms. The fraction of sp³-hybridized carbons (Fsp3) is 0.226. The summed E-state index contributed by atoms with van der Waals surface area (Å²) in [6.07, 6.45) is 2.26. The van der Waals surface area contributed by atoms with E-state index in [0.717, 1.165) is 7.05 Å². The van der Waals surface area contributed by atoms with E-state index >= 15 is 0 Å². The maximum Gasteiger partial charge on any atom is 0.159 e. The Morgan fingerprint density at radius 3 is 2.85 bits per heavy atom. The van der Waals surface area contributed by atoms with Crippen LogP contribution in [0.25, 0.3) is 10.9 Å². The third-order valence-electron chi connectivity index (χ3n) is 5.38. The molecular formula is C31H30ClN5O3. The summed E-state index contributed by atoms with van der Waals surface area (Å²) in [5, 5.41) is 13.5. The molecule has 8 nitrogen and oxygen atoms in total. The molecular weight excluding hydrogens is 526 g/mol. The zero-order valence-corrected chi connectivity index (χ0v) is 22.3. The number of likely N-dealkylation sites (N-methyl/N-ethyl adjacent to an activating group) is 1. The fourth-order valence-corrected chi connectivity index (χ4v) is 3.87. The number of carbonyl (C=O) groups is 1. The van der Waals surface area contributed by atoms with Crippen LogP contribution in [0.3, 0.4) is 0 Å². The number of allylic oxidation sites excluding steroid dienone is 1. The third-order valence-corrected chi connectivity index (χ3v) is 5.67. The fourth-order valence-electron chi connectivity index (χ4n) is 3.65. The Labute approximate surface area is 251 Å². The largest absolute Gasteiger partial charge is 0.494 e. The summed E-state index contributed by atoms with van der Waals surface area (Å²) in [6, 6.07) is 12.2. The van der Waals surface area contributed by atoms with Crippen molar-refractivity contribution in [3.8, 4) is 17.6 Å². The number of ether oxygens (including phenoxy) is 2. The van der Waals surface area contributed by atoms with Gasteiger partial charge in [0.15, 0.2) is 5.78 Å². The number of fused-ring (bicyclic) bond motifs is 1. The number of hydrogen-bond acceptors (Lipinski definition) is 8. The van der Waals surface area contributed by atoms with Gasteiger partial charge in [-0.3, -0.25) is 14.8 Å². The maximum absolute atomic E-state index is 13.2. The van der Waals surface area contributed by atoms with Gasteiger partial charge in [0.2, 0.25) is 0 Å². The summed E-state index contributed by atoms with van der Waals surface area (Å²) in [6.45, 7) is -6.26. The Morgan fingerprint density at radius 1 is 1.25 bits per heavy atom. The van der Waals surface area contributed by atoms with Crippen molar-refractivity contribution in [1.29, 1.82) is 5.26 Å². The van der Waals surface area contributed by atoms with Crippen LogP contribution in [0.2, 0.25) is 5.02 Å². The Bertz CT molecular complexity index is 1950. The van der Waals surface area contributed by atoms with E-state index in [-0.39, 0.29) is 45.6 Å². The highest BCUT2D eigenvalue weighted by Crippen LogP contribution is 2.36. The average molecular weight is 565 g/mol. The molecule has 1 N–H and O–H groups in total. The van der Waals surface area contributed by atoms with Gasteiger partial charge in [-0.15, -0.1) is 0 Å². The van der Waals surface area contributed by atoms with Gasteiger partial charge < -0.3 is 19.7 Å². The number of nitrogens with zero attached hydrogens (tertiary/aromatic N) is 4. The molecule has 4 aromatic rings. The Morgan fingerprint density at radius 2 is 2.12 bits per heavy atom. The molecule has 0 spiro atoms. The molecule has 0 amide bonds. The van der Waals surface area contributed by atoms with E-state index < -0.39 is 44.3 Å². The van der Waals surface area contributed by atoms with Crippen LogP contribution < -0.4 is 14.8 Å². The van der Waals surface area contributed by atoms with E-state index in [1.807, 2.05) is 0 Å². The minimum Gasteiger partial charge on any atom is -0.494 e. The second-order valence-corrected chi connectivity index (χ2v) is 8.69. The van der Waals surface area contributed by atoms with Gasteiger partial charge in [0.1, 0.15) is 24.1 Å². The Hall–Kier alpha value is -4.45. The molecule has 0 saturated carbocycles. The van der Waals surface area contributed by atoms with E-state index in [2.05, 4.69) is 21.4 Å². The van der Waals surface area contributed by atoms with Crippen molar-refractivity contribution in [3.05, 3.63) is 94.9 Å². The van der Waals surface area contributed by atoms with Gasteiger partial charge in [-0.25, -0.2) is 0 Å². The number of halogens is 1. The molecule has 0 radical (unpaired) electrons. The van der Waals surface area contributed by atoms with Crippen molar-refractivity contribution in [1.82, 2.24) is 14.9 Å². The van der Waals surface area contributed by atoms with Gasteiger partial charge >= 0.3 is 0 Å². The Kier molecular flexibility index (Phi) is 6.36. The predicted molar refractivity (Wildman–Crippen MR) is 157 cm³/mol. The lowest BCUT2D eigenvalue weighted by Crippen LogP contribution is -2.11. The van der Waals surface area contributed by atoms with Gasteiger partial charge in [-0.1, -0.05) is 23.7 Å². The van der Waals surface area contributed by atoms with Crippen molar-refractivity contribution in [3.63, 3.8) is 0 Å². The van der Waals surface area contributed by atoms with Gasteiger partial charge in [-0.05, 0) is 63.4 Å². The van der Waals surface area contributed by atoms with E-state index in [9.17, 15) is 10.1 Å². The maximum atomic E-state index is 13.2. The molecule has 0 fully saturated rings. The molecule has 0 unspecified atom stereocenters. The molecule has 2 heterocycles. The first-order valence-corrected chi connectivity index (χ1v) is 12.4. The number of carbonyl (C=O) groups excluding carboxylic acids is 1. The summed E-state index contributed by atoms with van der Waals surface area (Å²) in [5.74, 6) is -0.715. The van der Waals surface area contributed by atoms with E-state index in [1.165, 1.54) is 42.7 Å². The number of pyridine rings is 2. The molecule has 0 aliphatic carbocycles. The van der Waals surface area contributed by atoms with Gasteiger partial charge in [0.25, 0.3) is 0 Å². The van der Waals surface area contributed by atoms with Crippen LogP contribution in [0.1, 0.15) is 36.1 Å². The van der Waals surface area contributed by atoms with Crippen LogP contribution >= 0.6 is 11.6 Å². The number of rotatable bonds is 12. The number of anilines is 2. The molecule has 0 aliphatic heterocycles. The summed E-state index contributed by atoms with van der Waals surface area (Å²) < 4.78 is 82.9.